The zero-order valence-electron chi connectivity index (χ0n) is 9.67. The lowest BCUT2D eigenvalue weighted by Gasteiger charge is -2.02. The van der Waals surface area contributed by atoms with Gasteiger partial charge in [-0.15, -0.1) is 0 Å². The van der Waals surface area contributed by atoms with E-state index in [1.54, 1.807) is 6.07 Å². The van der Waals surface area contributed by atoms with Gasteiger partial charge in [-0.2, -0.15) is 0 Å². The molecule has 0 bridgehead atoms. The molecule has 0 aliphatic carbocycles. The van der Waals surface area contributed by atoms with Crippen LogP contribution in [0.25, 0.3) is 22.4 Å². The second kappa shape index (κ2) is 3.91. The van der Waals surface area contributed by atoms with Gasteiger partial charge in [0.25, 0.3) is 0 Å². The molecule has 0 unspecified atom stereocenters. The summed E-state index contributed by atoms with van der Waals surface area (Å²) >= 11 is 0. The summed E-state index contributed by atoms with van der Waals surface area (Å²) in [4.78, 5) is 7.23. The predicted molar refractivity (Wildman–Crippen MR) is 66.2 cm³/mol. The van der Waals surface area contributed by atoms with Gasteiger partial charge >= 0.3 is 0 Å². The molecule has 3 rings (SSSR count). The van der Waals surface area contributed by atoms with Crippen LogP contribution >= 0.6 is 0 Å². The lowest BCUT2D eigenvalue weighted by molar-refractivity contribution is 0.505. The van der Waals surface area contributed by atoms with Crippen LogP contribution in [-0.4, -0.2) is 9.97 Å². The molecule has 0 aliphatic heterocycles. The Kier molecular flexibility index (Phi) is 2.37. The SMILES string of the molecule is Cc1ccc(-c2nc3ccccc3[nH]2)c(F)c1F. The standard InChI is InChI=1S/C14H10F2N2/c1-8-6-7-9(13(16)12(8)15)14-17-10-4-2-3-5-11(10)18-14/h2-7H,1H3,(H,17,18). The van der Waals surface area contributed by atoms with Crippen LogP contribution in [0.3, 0.4) is 0 Å². The molecule has 4 heteroatoms. The van der Waals surface area contributed by atoms with Crippen LogP contribution < -0.4 is 0 Å². The van der Waals surface area contributed by atoms with Gasteiger partial charge in [-0.3, -0.25) is 0 Å². The lowest BCUT2D eigenvalue weighted by atomic mass is 10.1. The van der Waals surface area contributed by atoms with Crippen molar-refractivity contribution in [3.63, 3.8) is 0 Å². The molecule has 0 radical (unpaired) electrons. The van der Waals surface area contributed by atoms with Crippen molar-refractivity contribution in [3.05, 3.63) is 53.6 Å². The van der Waals surface area contributed by atoms with Crippen molar-refractivity contribution in [2.45, 2.75) is 6.92 Å². The van der Waals surface area contributed by atoms with Gasteiger partial charge in [-0.25, -0.2) is 13.8 Å². The van der Waals surface area contributed by atoms with Gasteiger partial charge < -0.3 is 4.98 Å². The number of hydrogen-bond donors (Lipinski definition) is 1. The monoisotopic (exact) mass is 244 g/mol. The van der Waals surface area contributed by atoms with E-state index in [-0.39, 0.29) is 11.1 Å². The zero-order chi connectivity index (χ0) is 12.7. The van der Waals surface area contributed by atoms with Crippen molar-refractivity contribution in [1.82, 2.24) is 9.97 Å². The summed E-state index contributed by atoms with van der Waals surface area (Å²) in [6.45, 7) is 1.53. The minimum absolute atomic E-state index is 0.148. The number of H-pyrrole nitrogens is 1. The summed E-state index contributed by atoms with van der Waals surface area (Å²) in [6.07, 6.45) is 0. The van der Waals surface area contributed by atoms with E-state index < -0.39 is 11.6 Å². The fourth-order valence-corrected chi connectivity index (χ4v) is 1.91. The second-order valence-electron chi connectivity index (χ2n) is 4.16. The summed E-state index contributed by atoms with van der Waals surface area (Å²) in [6, 6.07) is 10.4. The third-order valence-corrected chi connectivity index (χ3v) is 2.92. The molecule has 90 valence electrons. The first-order valence-electron chi connectivity index (χ1n) is 5.56. The minimum atomic E-state index is -0.867. The maximum atomic E-state index is 13.8. The van der Waals surface area contributed by atoms with Gasteiger partial charge in [-0.1, -0.05) is 18.2 Å². The molecule has 18 heavy (non-hydrogen) atoms. The van der Waals surface area contributed by atoms with E-state index in [1.165, 1.54) is 13.0 Å². The Labute approximate surface area is 102 Å². The third-order valence-electron chi connectivity index (χ3n) is 2.92. The van der Waals surface area contributed by atoms with Crippen LogP contribution in [0.15, 0.2) is 36.4 Å². The summed E-state index contributed by atoms with van der Waals surface area (Å²) < 4.78 is 27.4. The molecule has 0 saturated carbocycles. The van der Waals surface area contributed by atoms with E-state index in [0.29, 0.717) is 5.82 Å². The van der Waals surface area contributed by atoms with Crippen LogP contribution in [0.2, 0.25) is 0 Å². The highest BCUT2D eigenvalue weighted by Gasteiger charge is 2.15. The van der Waals surface area contributed by atoms with E-state index in [2.05, 4.69) is 9.97 Å². The number of fused-ring (bicyclic) bond motifs is 1. The Balaban J connectivity index is 2.23. The van der Waals surface area contributed by atoms with Crippen LogP contribution in [-0.2, 0) is 0 Å². The fraction of sp³-hybridized carbons (Fsp3) is 0.0714. The van der Waals surface area contributed by atoms with Gasteiger partial charge in [-0.05, 0) is 30.7 Å². The quantitative estimate of drug-likeness (QED) is 0.692. The van der Waals surface area contributed by atoms with Gasteiger partial charge in [0, 0.05) is 0 Å². The zero-order valence-corrected chi connectivity index (χ0v) is 9.67. The number of aryl methyl sites for hydroxylation is 1. The Morgan fingerprint density at radius 3 is 2.56 bits per heavy atom. The largest absolute Gasteiger partial charge is 0.338 e. The molecule has 1 N–H and O–H groups in total. The Hall–Kier alpha value is -2.23. The first-order chi connectivity index (χ1) is 8.66. The summed E-state index contributed by atoms with van der Waals surface area (Å²) in [5, 5.41) is 0. The Morgan fingerprint density at radius 2 is 1.78 bits per heavy atom. The van der Waals surface area contributed by atoms with Crippen molar-refractivity contribution in [3.8, 4) is 11.4 Å². The molecule has 2 aromatic carbocycles. The van der Waals surface area contributed by atoms with Crippen LogP contribution in [0.1, 0.15) is 5.56 Å². The third kappa shape index (κ3) is 1.57. The molecular weight excluding hydrogens is 234 g/mol. The number of benzene rings is 2. The highest BCUT2D eigenvalue weighted by Crippen LogP contribution is 2.25. The number of nitrogens with one attached hydrogen (secondary N) is 1. The van der Waals surface area contributed by atoms with Crippen molar-refractivity contribution >= 4 is 11.0 Å². The average molecular weight is 244 g/mol. The molecule has 1 aromatic heterocycles. The molecule has 0 amide bonds. The van der Waals surface area contributed by atoms with Gasteiger partial charge in [0.2, 0.25) is 0 Å². The number of hydrogen-bond acceptors (Lipinski definition) is 1. The van der Waals surface area contributed by atoms with Crippen molar-refractivity contribution in [2.24, 2.45) is 0 Å². The topological polar surface area (TPSA) is 28.7 Å². The molecule has 3 aromatic rings. The maximum Gasteiger partial charge on any atom is 0.170 e. The van der Waals surface area contributed by atoms with E-state index in [0.717, 1.165) is 11.0 Å². The molecule has 1 heterocycles. The highest BCUT2D eigenvalue weighted by molar-refractivity contribution is 5.79. The highest BCUT2D eigenvalue weighted by atomic mass is 19.2. The number of aromatic nitrogens is 2. The summed E-state index contributed by atoms with van der Waals surface area (Å²) in [5.74, 6) is -1.35. The second-order valence-corrected chi connectivity index (χ2v) is 4.16. The first kappa shape index (κ1) is 10.9. The number of imidazole rings is 1. The van der Waals surface area contributed by atoms with Crippen LogP contribution in [0, 0.1) is 18.6 Å². The molecule has 0 spiro atoms. The number of aromatic amines is 1. The van der Waals surface area contributed by atoms with E-state index in [9.17, 15) is 8.78 Å². The first-order valence-corrected chi connectivity index (χ1v) is 5.56. The molecule has 0 saturated heterocycles. The average Bonchev–Trinajstić information content (AvgIpc) is 2.79. The van der Waals surface area contributed by atoms with Crippen molar-refractivity contribution < 1.29 is 8.78 Å². The van der Waals surface area contributed by atoms with Crippen molar-refractivity contribution in [1.29, 1.82) is 0 Å². The normalized spacial score (nSPS) is 11.1. The van der Waals surface area contributed by atoms with Crippen LogP contribution in [0.5, 0.6) is 0 Å². The number of rotatable bonds is 1. The lowest BCUT2D eigenvalue weighted by Crippen LogP contribution is -1.94. The van der Waals surface area contributed by atoms with E-state index >= 15 is 0 Å². The Bertz CT molecular complexity index is 699. The van der Waals surface area contributed by atoms with Crippen LogP contribution in [0.4, 0.5) is 8.78 Å². The minimum Gasteiger partial charge on any atom is -0.338 e. The summed E-state index contributed by atoms with van der Waals surface area (Å²) in [5.41, 5.74) is 1.96. The summed E-state index contributed by atoms with van der Waals surface area (Å²) in [7, 11) is 0. The number of nitrogens with zero attached hydrogens (tertiary/aromatic N) is 1. The molecular formula is C14H10F2N2. The Morgan fingerprint density at radius 1 is 1.00 bits per heavy atom. The fourth-order valence-electron chi connectivity index (χ4n) is 1.91. The smallest absolute Gasteiger partial charge is 0.170 e. The maximum absolute atomic E-state index is 13.8. The molecule has 2 nitrogen and oxygen atoms in total. The van der Waals surface area contributed by atoms with E-state index in [1.807, 2.05) is 24.3 Å². The molecule has 0 aliphatic rings. The molecule has 0 atom stereocenters. The van der Waals surface area contributed by atoms with Gasteiger partial charge in [0.1, 0.15) is 5.82 Å². The number of para-hydroxylation sites is 2. The van der Waals surface area contributed by atoms with Gasteiger partial charge in [0.15, 0.2) is 11.6 Å². The number of halogens is 2. The van der Waals surface area contributed by atoms with E-state index in [4.69, 9.17) is 0 Å². The van der Waals surface area contributed by atoms with Crippen molar-refractivity contribution in [2.75, 3.05) is 0 Å². The molecule has 0 fully saturated rings. The predicted octanol–water partition coefficient (Wildman–Crippen LogP) is 3.82. The van der Waals surface area contributed by atoms with Gasteiger partial charge in [0.05, 0.1) is 16.6 Å².